The monoisotopic (exact) mass is 425 g/mol. The lowest BCUT2D eigenvalue weighted by atomic mass is 10.4. The molecule has 0 radical (unpaired) electrons. The molecule has 0 aliphatic rings. The first-order valence-electron chi connectivity index (χ1n) is 10.7. The Morgan fingerprint density at radius 1 is 0.448 bits per heavy atom. The third kappa shape index (κ3) is 23.8. The van der Waals surface area contributed by atoms with Crippen molar-refractivity contribution in [2.45, 2.75) is 13.8 Å². The van der Waals surface area contributed by atoms with Gasteiger partial charge in [-0.05, 0) is 13.8 Å². The Balaban J connectivity index is 3.69. The second-order valence-corrected chi connectivity index (χ2v) is 6.02. The summed E-state index contributed by atoms with van der Waals surface area (Å²) < 4.78 is 37.9. The van der Waals surface area contributed by atoms with Crippen LogP contribution >= 0.6 is 0 Å². The Kier molecular flexibility index (Phi) is 25.4. The highest BCUT2D eigenvalue weighted by atomic mass is 16.5. The fourth-order valence-corrected chi connectivity index (χ4v) is 2.25. The van der Waals surface area contributed by atoms with E-state index >= 15 is 0 Å². The molecule has 0 saturated heterocycles. The van der Waals surface area contributed by atoms with E-state index in [0.29, 0.717) is 92.5 Å². The lowest BCUT2D eigenvalue weighted by Gasteiger charge is -2.22. The zero-order valence-corrected chi connectivity index (χ0v) is 18.5. The summed E-state index contributed by atoms with van der Waals surface area (Å²) in [6, 6.07) is 0. The van der Waals surface area contributed by atoms with Crippen LogP contribution in [-0.4, -0.2) is 129 Å². The van der Waals surface area contributed by atoms with Crippen LogP contribution in [0.5, 0.6) is 0 Å². The molecule has 9 heteroatoms. The average Bonchev–Trinajstić information content (AvgIpc) is 2.73. The first kappa shape index (κ1) is 28.6. The van der Waals surface area contributed by atoms with E-state index in [4.69, 9.17) is 38.3 Å². The van der Waals surface area contributed by atoms with Gasteiger partial charge in [-0.2, -0.15) is 0 Å². The van der Waals surface area contributed by atoms with Crippen molar-refractivity contribution in [3.8, 4) is 0 Å². The van der Waals surface area contributed by atoms with Crippen molar-refractivity contribution in [2.24, 2.45) is 0 Å². The zero-order valence-electron chi connectivity index (χ0n) is 18.5. The van der Waals surface area contributed by atoms with Crippen LogP contribution in [-0.2, 0) is 33.2 Å². The van der Waals surface area contributed by atoms with Crippen LogP contribution in [0.1, 0.15) is 13.8 Å². The number of hydrogen-bond donors (Lipinski definition) is 1. The van der Waals surface area contributed by atoms with Crippen molar-refractivity contribution < 1.29 is 38.3 Å². The second kappa shape index (κ2) is 25.7. The molecule has 0 unspecified atom stereocenters. The fraction of sp³-hybridized carbons (Fsp3) is 1.00. The molecule has 0 saturated carbocycles. The van der Waals surface area contributed by atoms with Crippen LogP contribution < -0.4 is 0 Å². The molecule has 1 N–H and O–H groups in total. The van der Waals surface area contributed by atoms with Crippen molar-refractivity contribution >= 4 is 0 Å². The van der Waals surface area contributed by atoms with E-state index in [1.165, 1.54) is 0 Å². The highest BCUT2D eigenvalue weighted by molar-refractivity contribution is 4.57. The van der Waals surface area contributed by atoms with Gasteiger partial charge in [0.2, 0.25) is 0 Å². The minimum Gasteiger partial charge on any atom is -0.394 e. The summed E-state index contributed by atoms with van der Waals surface area (Å²) in [5.74, 6) is 0. The van der Waals surface area contributed by atoms with E-state index in [9.17, 15) is 0 Å². The van der Waals surface area contributed by atoms with Gasteiger partial charge in [0.1, 0.15) is 0 Å². The summed E-state index contributed by atoms with van der Waals surface area (Å²) in [6.45, 7) is 14.6. The van der Waals surface area contributed by atoms with E-state index in [0.717, 1.165) is 19.6 Å². The van der Waals surface area contributed by atoms with Crippen molar-refractivity contribution in [3.63, 3.8) is 0 Å². The highest BCUT2D eigenvalue weighted by Crippen LogP contribution is 1.92. The van der Waals surface area contributed by atoms with Gasteiger partial charge in [-0.25, -0.2) is 0 Å². The molecule has 0 aliphatic carbocycles. The molecule has 0 aliphatic heterocycles. The zero-order chi connectivity index (χ0) is 21.3. The average molecular weight is 426 g/mol. The van der Waals surface area contributed by atoms with Crippen molar-refractivity contribution in [3.05, 3.63) is 0 Å². The smallest absolute Gasteiger partial charge is 0.0701 e. The molecule has 0 spiro atoms. The van der Waals surface area contributed by atoms with E-state index in [-0.39, 0.29) is 6.61 Å². The standard InChI is InChI=1S/C20H43NO8/c1-3-23-13-15-28-19-17-26-10-6-21(5-9-25-12-8-22)7-11-27-18-20-29-16-14-24-4-2/h22H,3-20H2,1-2H3. The number of aliphatic hydroxyl groups is 1. The Bertz CT molecular complexity index is 278. The molecule has 0 atom stereocenters. The summed E-state index contributed by atoms with van der Waals surface area (Å²) in [6.07, 6.45) is 0. The largest absolute Gasteiger partial charge is 0.394 e. The Labute approximate surface area is 176 Å². The van der Waals surface area contributed by atoms with E-state index in [1.807, 2.05) is 13.8 Å². The molecule has 0 aromatic heterocycles. The van der Waals surface area contributed by atoms with Gasteiger partial charge in [0, 0.05) is 32.8 Å². The Morgan fingerprint density at radius 3 is 1.10 bits per heavy atom. The van der Waals surface area contributed by atoms with Gasteiger partial charge < -0.3 is 38.3 Å². The van der Waals surface area contributed by atoms with Gasteiger partial charge >= 0.3 is 0 Å². The summed E-state index contributed by atoms with van der Waals surface area (Å²) in [5, 5.41) is 8.80. The van der Waals surface area contributed by atoms with Crippen LogP contribution in [0.25, 0.3) is 0 Å². The van der Waals surface area contributed by atoms with Crippen LogP contribution in [0.15, 0.2) is 0 Å². The topological polar surface area (TPSA) is 88.1 Å². The van der Waals surface area contributed by atoms with Crippen LogP contribution in [0.4, 0.5) is 0 Å². The maximum atomic E-state index is 8.80. The number of nitrogens with zero attached hydrogens (tertiary/aromatic N) is 1. The third-order valence-electron chi connectivity index (χ3n) is 3.79. The first-order valence-corrected chi connectivity index (χ1v) is 10.7. The molecular weight excluding hydrogens is 382 g/mol. The number of hydrogen-bond acceptors (Lipinski definition) is 9. The second-order valence-electron chi connectivity index (χ2n) is 6.02. The lowest BCUT2D eigenvalue weighted by Crippen LogP contribution is -2.34. The van der Waals surface area contributed by atoms with Gasteiger partial charge in [-0.1, -0.05) is 0 Å². The number of rotatable bonds is 25. The Hall–Kier alpha value is -0.360. The van der Waals surface area contributed by atoms with Crippen LogP contribution in [0.3, 0.4) is 0 Å². The molecule has 0 rings (SSSR count). The van der Waals surface area contributed by atoms with Gasteiger partial charge in [0.25, 0.3) is 0 Å². The van der Waals surface area contributed by atoms with Crippen molar-refractivity contribution in [1.29, 1.82) is 0 Å². The predicted molar refractivity (Wildman–Crippen MR) is 111 cm³/mol. The summed E-state index contributed by atoms with van der Waals surface area (Å²) in [7, 11) is 0. The molecule has 0 bridgehead atoms. The van der Waals surface area contributed by atoms with Gasteiger partial charge in [-0.3, -0.25) is 4.90 Å². The minimum atomic E-state index is 0.0405. The predicted octanol–water partition coefficient (Wildman–Crippen LogP) is 0.437. The molecule has 0 fully saturated rings. The number of ether oxygens (including phenoxy) is 7. The highest BCUT2D eigenvalue weighted by Gasteiger charge is 2.05. The molecule has 0 aromatic rings. The maximum absolute atomic E-state index is 8.80. The molecule has 29 heavy (non-hydrogen) atoms. The van der Waals surface area contributed by atoms with E-state index in [1.54, 1.807) is 0 Å². The molecule has 0 heterocycles. The molecule has 0 amide bonds. The molecule has 9 nitrogen and oxygen atoms in total. The maximum Gasteiger partial charge on any atom is 0.0701 e. The fourth-order valence-electron chi connectivity index (χ4n) is 2.25. The SMILES string of the molecule is CCOCCOCCOCCN(CCOCCO)CCOCCOCCOCC. The van der Waals surface area contributed by atoms with Gasteiger partial charge in [0.05, 0.1) is 85.9 Å². The van der Waals surface area contributed by atoms with Crippen LogP contribution in [0.2, 0.25) is 0 Å². The van der Waals surface area contributed by atoms with Crippen molar-refractivity contribution in [2.75, 3.05) is 119 Å². The lowest BCUT2D eigenvalue weighted by molar-refractivity contribution is 0.0000814. The van der Waals surface area contributed by atoms with E-state index < -0.39 is 0 Å². The quantitative estimate of drug-likeness (QED) is 0.209. The van der Waals surface area contributed by atoms with Gasteiger partial charge in [0.15, 0.2) is 0 Å². The normalized spacial score (nSPS) is 11.6. The van der Waals surface area contributed by atoms with Crippen LogP contribution in [0, 0.1) is 0 Å². The van der Waals surface area contributed by atoms with Gasteiger partial charge in [-0.15, -0.1) is 0 Å². The van der Waals surface area contributed by atoms with E-state index in [2.05, 4.69) is 4.90 Å². The Morgan fingerprint density at radius 2 is 0.759 bits per heavy atom. The first-order chi connectivity index (χ1) is 14.3. The molecule has 176 valence electrons. The summed E-state index contributed by atoms with van der Waals surface area (Å²) >= 11 is 0. The third-order valence-corrected chi connectivity index (χ3v) is 3.79. The minimum absolute atomic E-state index is 0.0405. The molecule has 0 aromatic carbocycles. The summed E-state index contributed by atoms with van der Waals surface area (Å²) in [4.78, 5) is 2.23. The molecular formula is C20H43NO8. The summed E-state index contributed by atoms with van der Waals surface area (Å²) in [5.41, 5.74) is 0. The number of aliphatic hydroxyl groups excluding tert-OH is 1. The van der Waals surface area contributed by atoms with Crippen molar-refractivity contribution in [1.82, 2.24) is 4.90 Å².